The van der Waals surface area contributed by atoms with E-state index in [2.05, 4.69) is 34.0 Å². The highest BCUT2D eigenvalue weighted by Gasteiger charge is 2.17. The second-order valence-electron chi connectivity index (χ2n) is 8.43. The molecule has 2 aromatic rings. The van der Waals surface area contributed by atoms with Gasteiger partial charge < -0.3 is 10.2 Å². The maximum absolute atomic E-state index is 12.4. The highest BCUT2D eigenvalue weighted by molar-refractivity contribution is 7.88. The fraction of sp³-hybridized carbons (Fsp3) is 0.545. The summed E-state index contributed by atoms with van der Waals surface area (Å²) in [5, 5.41) is 7.94. The van der Waals surface area contributed by atoms with Crippen molar-refractivity contribution in [3.63, 3.8) is 0 Å². The molecule has 0 aliphatic heterocycles. The molecule has 0 fully saturated rings. The van der Waals surface area contributed by atoms with Crippen LogP contribution in [0.25, 0.3) is 0 Å². The number of rotatable bonds is 9. The van der Waals surface area contributed by atoms with Gasteiger partial charge in [0, 0.05) is 52.0 Å². The number of nitrogens with one attached hydrogen (secondary N) is 2. The zero-order valence-corrected chi connectivity index (χ0v) is 20.5. The molecule has 2 rings (SSSR count). The summed E-state index contributed by atoms with van der Waals surface area (Å²) in [6.07, 6.45) is 2.04. The summed E-state index contributed by atoms with van der Waals surface area (Å²) in [5.74, 6) is 1.02. The van der Waals surface area contributed by atoms with E-state index in [1.807, 2.05) is 68.0 Å². The number of hydrogen-bond acceptors (Lipinski definition) is 4. The van der Waals surface area contributed by atoms with Crippen molar-refractivity contribution in [3.8, 4) is 0 Å². The second-order valence-corrected chi connectivity index (χ2v) is 10.2. The predicted molar refractivity (Wildman–Crippen MR) is 126 cm³/mol. The zero-order chi connectivity index (χ0) is 23.2. The highest BCUT2D eigenvalue weighted by Crippen LogP contribution is 2.19. The molecule has 0 saturated heterocycles. The lowest BCUT2D eigenvalue weighted by Crippen LogP contribution is -2.38. The van der Waals surface area contributed by atoms with E-state index < -0.39 is 10.0 Å². The van der Waals surface area contributed by atoms with Gasteiger partial charge in [-0.15, -0.1) is 0 Å². The maximum Gasteiger partial charge on any atom is 0.216 e. The van der Waals surface area contributed by atoms with E-state index >= 15 is 0 Å². The van der Waals surface area contributed by atoms with Crippen molar-refractivity contribution in [2.75, 3.05) is 14.1 Å². The third-order valence-electron chi connectivity index (χ3n) is 4.78. The summed E-state index contributed by atoms with van der Waals surface area (Å²) < 4.78 is 29.3. The molecule has 0 unspecified atom stereocenters. The lowest BCUT2D eigenvalue weighted by Gasteiger charge is -2.23. The van der Waals surface area contributed by atoms with Gasteiger partial charge in [-0.25, -0.2) is 13.1 Å². The SMILES string of the molecule is CN=C(NCc1ccccc1CS(=O)(=O)NC(C)C)N(C)Cc1cn(C)nc1C(C)C. The molecule has 9 heteroatoms. The third kappa shape index (κ3) is 7.36. The largest absolute Gasteiger partial charge is 0.352 e. The fourth-order valence-electron chi connectivity index (χ4n) is 3.53. The van der Waals surface area contributed by atoms with Gasteiger partial charge in [-0.1, -0.05) is 38.1 Å². The van der Waals surface area contributed by atoms with Crippen LogP contribution in [-0.2, 0) is 35.9 Å². The first-order valence-corrected chi connectivity index (χ1v) is 12.2. The van der Waals surface area contributed by atoms with Crippen LogP contribution < -0.4 is 10.0 Å². The third-order valence-corrected chi connectivity index (χ3v) is 6.30. The molecule has 0 bridgehead atoms. The van der Waals surface area contributed by atoms with Crippen LogP contribution in [0.15, 0.2) is 35.5 Å². The number of aryl methyl sites for hydroxylation is 1. The summed E-state index contributed by atoms with van der Waals surface area (Å²) in [6.45, 7) is 9.06. The van der Waals surface area contributed by atoms with Gasteiger partial charge in [0.15, 0.2) is 5.96 Å². The second kappa shape index (κ2) is 10.8. The Hall–Kier alpha value is -2.39. The van der Waals surface area contributed by atoms with Gasteiger partial charge in [-0.3, -0.25) is 9.67 Å². The molecule has 1 aromatic heterocycles. The average molecular weight is 449 g/mol. The number of sulfonamides is 1. The van der Waals surface area contributed by atoms with Crippen molar-refractivity contribution in [1.29, 1.82) is 0 Å². The summed E-state index contributed by atoms with van der Waals surface area (Å²) in [6, 6.07) is 7.44. The number of hydrogen-bond donors (Lipinski definition) is 2. The Morgan fingerprint density at radius 2 is 1.81 bits per heavy atom. The Morgan fingerprint density at radius 1 is 1.16 bits per heavy atom. The number of aromatic nitrogens is 2. The van der Waals surface area contributed by atoms with E-state index in [1.54, 1.807) is 7.05 Å². The van der Waals surface area contributed by atoms with Gasteiger partial charge in [0.25, 0.3) is 0 Å². The topological polar surface area (TPSA) is 91.6 Å². The quantitative estimate of drug-likeness (QED) is 0.454. The number of aliphatic imine (C=N–C) groups is 1. The maximum atomic E-state index is 12.4. The Kier molecular flexibility index (Phi) is 8.64. The molecule has 0 aliphatic carbocycles. The Labute approximate surface area is 186 Å². The van der Waals surface area contributed by atoms with Crippen molar-refractivity contribution >= 4 is 16.0 Å². The number of guanidine groups is 1. The fourth-order valence-corrected chi connectivity index (χ4v) is 5.02. The molecular formula is C22H36N6O2S. The summed E-state index contributed by atoms with van der Waals surface area (Å²) in [5.41, 5.74) is 3.94. The van der Waals surface area contributed by atoms with Crippen LogP contribution in [0, 0.1) is 0 Å². The normalized spacial score (nSPS) is 12.6. The monoisotopic (exact) mass is 448 g/mol. The molecular weight excluding hydrogens is 412 g/mol. The minimum absolute atomic E-state index is 0.0507. The summed E-state index contributed by atoms with van der Waals surface area (Å²) in [4.78, 5) is 6.44. The molecule has 1 heterocycles. The van der Waals surface area contributed by atoms with Gasteiger partial charge in [-0.05, 0) is 30.9 Å². The minimum atomic E-state index is -3.40. The van der Waals surface area contributed by atoms with Crippen LogP contribution in [0.5, 0.6) is 0 Å². The van der Waals surface area contributed by atoms with Crippen LogP contribution in [-0.4, -0.2) is 49.2 Å². The highest BCUT2D eigenvalue weighted by atomic mass is 32.2. The first-order chi connectivity index (χ1) is 14.5. The van der Waals surface area contributed by atoms with Gasteiger partial charge >= 0.3 is 0 Å². The van der Waals surface area contributed by atoms with Crippen molar-refractivity contribution in [3.05, 3.63) is 52.8 Å². The van der Waals surface area contributed by atoms with Crippen LogP contribution in [0.3, 0.4) is 0 Å². The molecule has 172 valence electrons. The van der Waals surface area contributed by atoms with Gasteiger partial charge in [0.2, 0.25) is 10.0 Å². The van der Waals surface area contributed by atoms with Gasteiger partial charge in [0.1, 0.15) is 0 Å². The van der Waals surface area contributed by atoms with Crippen molar-refractivity contribution < 1.29 is 8.42 Å². The molecule has 0 radical (unpaired) electrons. The molecule has 31 heavy (non-hydrogen) atoms. The minimum Gasteiger partial charge on any atom is -0.352 e. The molecule has 8 nitrogen and oxygen atoms in total. The van der Waals surface area contributed by atoms with E-state index in [0.29, 0.717) is 19.0 Å². The lowest BCUT2D eigenvalue weighted by molar-refractivity contribution is 0.473. The molecule has 0 amide bonds. The Balaban J connectivity index is 2.10. The average Bonchev–Trinajstić information content (AvgIpc) is 3.02. The lowest BCUT2D eigenvalue weighted by atomic mass is 10.1. The molecule has 0 spiro atoms. The van der Waals surface area contributed by atoms with E-state index in [-0.39, 0.29) is 11.8 Å². The van der Waals surface area contributed by atoms with Crippen LogP contribution >= 0.6 is 0 Å². The first kappa shape index (κ1) is 24.9. The van der Waals surface area contributed by atoms with Gasteiger partial charge in [0.05, 0.1) is 11.4 Å². The smallest absolute Gasteiger partial charge is 0.216 e. The Morgan fingerprint density at radius 3 is 2.39 bits per heavy atom. The van der Waals surface area contributed by atoms with Crippen LogP contribution in [0.4, 0.5) is 0 Å². The standard InChI is InChI=1S/C22H36N6O2S/c1-16(2)21-20(14-28(7)25-21)13-27(6)22(23-5)24-12-18-10-8-9-11-19(18)15-31(29,30)26-17(3)4/h8-11,14,16-17,26H,12-13,15H2,1-7H3,(H,23,24). The van der Waals surface area contributed by atoms with Crippen molar-refractivity contribution in [2.45, 2.75) is 58.5 Å². The van der Waals surface area contributed by atoms with Crippen molar-refractivity contribution in [1.82, 2.24) is 24.7 Å². The zero-order valence-electron chi connectivity index (χ0n) is 19.7. The Bertz CT molecular complexity index is 995. The molecule has 1 aromatic carbocycles. The van der Waals surface area contributed by atoms with Crippen LogP contribution in [0.2, 0.25) is 0 Å². The predicted octanol–water partition coefficient (Wildman–Crippen LogP) is 2.58. The first-order valence-electron chi connectivity index (χ1n) is 10.5. The van der Waals surface area contributed by atoms with E-state index in [4.69, 9.17) is 0 Å². The van der Waals surface area contributed by atoms with Gasteiger partial charge in [-0.2, -0.15) is 5.10 Å². The number of nitrogens with zero attached hydrogens (tertiary/aromatic N) is 4. The summed E-state index contributed by atoms with van der Waals surface area (Å²) in [7, 11) is 2.26. The van der Waals surface area contributed by atoms with E-state index in [0.717, 1.165) is 28.3 Å². The number of benzene rings is 1. The van der Waals surface area contributed by atoms with E-state index in [9.17, 15) is 8.42 Å². The van der Waals surface area contributed by atoms with E-state index in [1.165, 1.54) is 0 Å². The van der Waals surface area contributed by atoms with Crippen molar-refractivity contribution in [2.24, 2.45) is 12.0 Å². The summed E-state index contributed by atoms with van der Waals surface area (Å²) >= 11 is 0. The van der Waals surface area contributed by atoms with Crippen LogP contribution in [0.1, 0.15) is 56.0 Å². The molecule has 0 aliphatic rings. The molecule has 0 saturated carbocycles. The molecule has 0 atom stereocenters. The molecule has 2 N–H and O–H groups in total.